The zero-order valence-electron chi connectivity index (χ0n) is 17.5. The first-order chi connectivity index (χ1) is 15.6. The Hall–Kier alpha value is -2.88. The molecule has 2 aromatic carbocycles. The summed E-state index contributed by atoms with van der Waals surface area (Å²) >= 11 is 6.67. The molecule has 9 heteroatoms. The van der Waals surface area contributed by atoms with Crippen LogP contribution < -0.4 is 14.4 Å². The highest BCUT2D eigenvalue weighted by atomic mass is 32.2. The zero-order chi connectivity index (χ0) is 22.5. The summed E-state index contributed by atoms with van der Waals surface area (Å²) in [6.45, 7) is 2.14. The van der Waals surface area contributed by atoms with E-state index >= 15 is 0 Å². The van der Waals surface area contributed by atoms with E-state index in [0.29, 0.717) is 47.0 Å². The summed E-state index contributed by atoms with van der Waals surface area (Å²) in [5.41, 5.74) is 1.51. The minimum atomic E-state index is -0.165. The molecule has 0 atom stereocenters. The van der Waals surface area contributed by atoms with E-state index < -0.39 is 0 Å². The number of methoxy groups -OCH3 is 1. The van der Waals surface area contributed by atoms with Gasteiger partial charge >= 0.3 is 0 Å². The van der Waals surface area contributed by atoms with Gasteiger partial charge in [0.2, 0.25) is 0 Å². The summed E-state index contributed by atoms with van der Waals surface area (Å²) in [5, 5.41) is 0. The van der Waals surface area contributed by atoms with Gasteiger partial charge in [0.15, 0.2) is 22.4 Å². The Morgan fingerprint density at radius 2 is 1.91 bits per heavy atom. The Kier molecular flexibility index (Phi) is 7.09. The van der Waals surface area contributed by atoms with Crippen molar-refractivity contribution in [2.75, 3.05) is 44.9 Å². The molecule has 7 nitrogen and oxygen atoms in total. The van der Waals surface area contributed by atoms with E-state index in [4.69, 9.17) is 26.4 Å². The van der Waals surface area contributed by atoms with Crippen LogP contribution in [-0.2, 0) is 14.3 Å². The Morgan fingerprint density at radius 3 is 2.62 bits per heavy atom. The lowest BCUT2D eigenvalue weighted by atomic mass is 10.2. The third-order valence-electron chi connectivity index (χ3n) is 5.01. The predicted molar refractivity (Wildman–Crippen MR) is 128 cm³/mol. The number of hydrogen-bond acceptors (Lipinski definition) is 7. The number of thioether (sulfide) groups is 1. The number of ether oxygens (including phenoxy) is 3. The number of carbonyl (C=O) groups excluding carboxylic acids is 2. The number of amides is 2. The highest BCUT2D eigenvalue weighted by molar-refractivity contribution is 8.27. The van der Waals surface area contributed by atoms with Crippen molar-refractivity contribution in [2.24, 2.45) is 0 Å². The smallest absolute Gasteiger partial charge is 0.270 e. The Labute approximate surface area is 195 Å². The fourth-order valence-electron chi connectivity index (χ4n) is 3.36. The summed E-state index contributed by atoms with van der Waals surface area (Å²) in [6.07, 6.45) is 1.77. The topological polar surface area (TPSA) is 68.3 Å². The first kappa shape index (κ1) is 22.3. The van der Waals surface area contributed by atoms with Crippen LogP contribution in [0, 0.1) is 0 Å². The number of thiocarbonyl (C=S) groups is 1. The highest BCUT2D eigenvalue weighted by Gasteiger charge is 2.33. The molecule has 2 saturated heterocycles. The molecule has 2 amide bonds. The Morgan fingerprint density at radius 1 is 1.16 bits per heavy atom. The third kappa shape index (κ3) is 4.95. The van der Waals surface area contributed by atoms with Gasteiger partial charge in [-0.15, -0.1) is 0 Å². The van der Waals surface area contributed by atoms with E-state index in [9.17, 15) is 9.59 Å². The van der Waals surface area contributed by atoms with Crippen LogP contribution in [0.2, 0.25) is 0 Å². The van der Waals surface area contributed by atoms with E-state index in [0.717, 1.165) is 11.3 Å². The van der Waals surface area contributed by atoms with Crippen LogP contribution in [0.25, 0.3) is 6.08 Å². The number of rotatable bonds is 6. The maximum atomic E-state index is 12.9. The first-order valence-corrected chi connectivity index (χ1v) is 11.3. The minimum absolute atomic E-state index is 0.0779. The number of carbonyl (C=O) groups is 2. The summed E-state index contributed by atoms with van der Waals surface area (Å²) in [7, 11) is 1.53. The quantitative estimate of drug-likeness (QED) is 0.474. The first-order valence-electron chi connectivity index (χ1n) is 10.1. The van der Waals surface area contributed by atoms with Crippen LogP contribution in [0.3, 0.4) is 0 Å². The van der Waals surface area contributed by atoms with E-state index in [-0.39, 0.29) is 18.4 Å². The fraction of sp³-hybridized carbons (Fsp3) is 0.261. The molecule has 0 N–H and O–H groups in total. The average molecular weight is 471 g/mol. The van der Waals surface area contributed by atoms with Gasteiger partial charge in [0, 0.05) is 13.1 Å². The second-order valence-electron chi connectivity index (χ2n) is 7.04. The van der Waals surface area contributed by atoms with Gasteiger partial charge in [-0.25, -0.2) is 0 Å². The fourth-order valence-corrected chi connectivity index (χ4v) is 4.65. The van der Waals surface area contributed by atoms with Crippen molar-refractivity contribution in [3.63, 3.8) is 0 Å². The summed E-state index contributed by atoms with van der Waals surface area (Å²) in [6, 6.07) is 14.6. The molecule has 2 aliphatic heterocycles. The van der Waals surface area contributed by atoms with Crippen molar-refractivity contribution in [1.82, 2.24) is 4.90 Å². The van der Waals surface area contributed by atoms with Gasteiger partial charge in [0.1, 0.15) is 0 Å². The molecule has 0 saturated carbocycles. The third-order valence-corrected chi connectivity index (χ3v) is 6.31. The van der Waals surface area contributed by atoms with Gasteiger partial charge in [-0.2, -0.15) is 0 Å². The number of benzene rings is 2. The van der Waals surface area contributed by atoms with Gasteiger partial charge in [-0.1, -0.05) is 48.2 Å². The lowest BCUT2D eigenvalue weighted by Crippen LogP contribution is -2.43. The summed E-state index contributed by atoms with van der Waals surface area (Å²) in [4.78, 5) is 29.0. The van der Waals surface area contributed by atoms with Crippen molar-refractivity contribution < 1.29 is 23.8 Å². The highest BCUT2D eigenvalue weighted by Crippen LogP contribution is 2.37. The van der Waals surface area contributed by atoms with Crippen LogP contribution in [0.5, 0.6) is 11.5 Å². The van der Waals surface area contributed by atoms with Crippen molar-refractivity contribution in [1.29, 1.82) is 0 Å². The molecule has 0 aliphatic carbocycles. The second-order valence-corrected chi connectivity index (χ2v) is 8.72. The van der Waals surface area contributed by atoms with Gasteiger partial charge in [-0.05, 0) is 35.9 Å². The SMILES string of the molecule is COc1cc(/C=C2\SC(=S)N(c3ccccc3)C2=O)ccc1OCC(=O)N1CCOCC1. The number of hydrogen-bond donors (Lipinski definition) is 0. The Balaban J connectivity index is 1.46. The molecule has 4 rings (SSSR count). The monoisotopic (exact) mass is 470 g/mol. The molecule has 0 bridgehead atoms. The maximum Gasteiger partial charge on any atom is 0.270 e. The van der Waals surface area contributed by atoms with Crippen molar-refractivity contribution in [3.8, 4) is 11.5 Å². The maximum absolute atomic E-state index is 12.9. The van der Waals surface area contributed by atoms with Crippen LogP contribution in [0.15, 0.2) is 53.4 Å². The van der Waals surface area contributed by atoms with Gasteiger partial charge in [0.05, 0.1) is 30.9 Å². The van der Waals surface area contributed by atoms with E-state index in [2.05, 4.69) is 0 Å². The van der Waals surface area contributed by atoms with E-state index in [1.807, 2.05) is 36.4 Å². The molecule has 0 unspecified atom stereocenters. The van der Waals surface area contributed by atoms with E-state index in [1.165, 1.54) is 23.8 Å². The van der Waals surface area contributed by atoms with Crippen LogP contribution >= 0.6 is 24.0 Å². The van der Waals surface area contributed by atoms with Gasteiger partial charge in [0.25, 0.3) is 11.8 Å². The molecular weight excluding hydrogens is 448 g/mol. The summed E-state index contributed by atoms with van der Waals surface area (Å²) < 4.78 is 16.9. The van der Waals surface area contributed by atoms with Crippen molar-refractivity contribution >= 4 is 51.9 Å². The predicted octanol–water partition coefficient (Wildman–Crippen LogP) is 3.34. The Bertz CT molecular complexity index is 1050. The molecule has 0 spiro atoms. The molecule has 166 valence electrons. The van der Waals surface area contributed by atoms with E-state index in [1.54, 1.807) is 23.1 Å². The number of para-hydroxylation sites is 1. The molecule has 32 heavy (non-hydrogen) atoms. The number of morpholine rings is 1. The standard InChI is InChI=1S/C23H22N2O5S2/c1-28-19-13-16(7-8-18(19)30-15-21(26)24-9-11-29-12-10-24)14-20-22(27)25(23(31)32-20)17-5-3-2-4-6-17/h2-8,13-14H,9-12,15H2,1H3/b20-14-. The van der Waals surface area contributed by atoms with Gasteiger partial charge < -0.3 is 19.1 Å². The number of nitrogens with zero attached hydrogens (tertiary/aromatic N) is 2. The zero-order valence-corrected chi connectivity index (χ0v) is 19.1. The van der Waals surface area contributed by atoms with Crippen LogP contribution in [-0.4, -0.2) is 61.1 Å². The normalized spacial score (nSPS) is 17.7. The lowest BCUT2D eigenvalue weighted by molar-refractivity contribution is -0.137. The molecular formula is C23H22N2O5S2. The molecule has 2 fully saturated rings. The van der Waals surface area contributed by atoms with Crippen molar-refractivity contribution in [3.05, 3.63) is 59.0 Å². The van der Waals surface area contributed by atoms with Gasteiger partial charge in [-0.3, -0.25) is 14.5 Å². The minimum Gasteiger partial charge on any atom is -0.493 e. The molecule has 2 heterocycles. The second kappa shape index (κ2) is 10.2. The molecule has 0 aromatic heterocycles. The molecule has 2 aliphatic rings. The molecule has 0 radical (unpaired) electrons. The van der Waals surface area contributed by atoms with Crippen molar-refractivity contribution in [2.45, 2.75) is 0 Å². The lowest BCUT2D eigenvalue weighted by Gasteiger charge is -2.26. The number of anilines is 1. The summed E-state index contributed by atoms with van der Waals surface area (Å²) in [5.74, 6) is 0.681. The van der Waals surface area contributed by atoms with Crippen LogP contribution in [0.4, 0.5) is 5.69 Å². The molecule has 2 aromatic rings. The largest absolute Gasteiger partial charge is 0.493 e. The average Bonchev–Trinajstić information content (AvgIpc) is 3.11. The van der Waals surface area contributed by atoms with Crippen LogP contribution in [0.1, 0.15) is 5.56 Å².